The Hall–Kier alpha value is -1.46. The van der Waals surface area contributed by atoms with Crippen LogP contribution >= 0.6 is 0 Å². The lowest BCUT2D eigenvalue weighted by Crippen LogP contribution is -2.38. The van der Waals surface area contributed by atoms with Gasteiger partial charge in [-0.15, -0.1) is 0 Å². The van der Waals surface area contributed by atoms with Gasteiger partial charge < -0.3 is 9.53 Å². The molecule has 6 heteroatoms. The van der Waals surface area contributed by atoms with Crippen LogP contribution in [0.1, 0.15) is 13.8 Å². The van der Waals surface area contributed by atoms with Gasteiger partial charge in [-0.1, -0.05) is 13.8 Å². The lowest BCUT2D eigenvalue weighted by Gasteiger charge is -2.23. The number of carbonyl (C=O) groups is 2. The molecule has 1 atom stereocenters. The van der Waals surface area contributed by atoms with Crippen molar-refractivity contribution >= 4 is 12.3 Å². The van der Waals surface area contributed by atoms with E-state index in [0.717, 1.165) is 7.11 Å². The normalized spacial score (nSPS) is 13.1. The first kappa shape index (κ1) is 12.5. The van der Waals surface area contributed by atoms with Crippen molar-refractivity contribution in [2.75, 3.05) is 13.7 Å². The Morgan fingerprint density at radius 2 is 2.14 bits per heavy atom. The quantitative estimate of drug-likeness (QED) is 0.277. The van der Waals surface area contributed by atoms with E-state index in [1.54, 1.807) is 0 Å². The molecule has 0 aromatic heterocycles. The fraction of sp³-hybridized carbons (Fsp3) is 0.750. The fourth-order valence-electron chi connectivity index (χ4n) is 0.987. The molecular formula is C8H13NO5. The van der Waals surface area contributed by atoms with Crippen LogP contribution in [-0.2, 0) is 14.3 Å². The van der Waals surface area contributed by atoms with Crippen LogP contribution in [0.3, 0.4) is 0 Å². The van der Waals surface area contributed by atoms with E-state index in [-0.39, 0.29) is 0 Å². The fourth-order valence-corrected chi connectivity index (χ4v) is 0.987. The number of methoxy groups -OCH3 is 1. The largest absolute Gasteiger partial charge is 0.469 e. The predicted molar refractivity (Wildman–Crippen MR) is 47.2 cm³/mol. The van der Waals surface area contributed by atoms with Crippen LogP contribution in [0.5, 0.6) is 0 Å². The molecule has 0 aliphatic carbocycles. The summed E-state index contributed by atoms with van der Waals surface area (Å²) in [5, 5.41) is 10.3. The molecule has 0 aromatic rings. The molecule has 0 fully saturated rings. The molecule has 0 spiro atoms. The van der Waals surface area contributed by atoms with Crippen molar-refractivity contribution in [2.24, 2.45) is 11.3 Å². The summed E-state index contributed by atoms with van der Waals surface area (Å²) in [6.45, 7) is 2.33. The molecular weight excluding hydrogens is 190 g/mol. The van der Waals surface area contributed by atoms with E-state index in [1.807, 2.05) is 0 Å². The van der Waals surface area contributed by atoms with E-state index in [4.69, 9.17) is 0 Å². The second-order valence-electron chi connectivity index (χ2n) is 3.53. The van der Waals surface area contributed by atoms with Crippen molar-refractivity contribution in [3.63, 3.8) is 0 Å². The van der Waals surface area contributed by atoms with Gasteiger partial charge in [-0.25, -0.2) is 0 Å². The number of aldehydes is 1. The average Bonchev–Trinajstić information content (AvgIpc) is 2.12. The Labute approximate surface area is 81.4 Å². The molecule has 80 valence electrons. The standard InChI is InChI=1S/C8H13NO5/c1-8(2,5-10)6(4-9(12)13)7(11)14-3/h5-6H,4H2,1-3H3. The maximum Gasteiger partial charge on any atom is 0.316 e. The van der Waals surface area contributed by atoms with Crippen LogP contribution < -0.4 is 0 Å². The molecule has 0 aliphatic heterocycles. The van der Waals surface area contributed by atoms with Gasteiger partial charge in [0.1, 0.15) is 12.2 Å². The summed E-state index contributed by atoms with van der Waals surface area (Å²) < 4.78 is 4.40. The number of hydrogen-bond donors (Lipinski definition) is 0. The third kappa shape index (κ3) is 3.12. The Morgan fingerprint density at radius 3 is 2.43 bits per heavy atom. The zero-order valence-corrected chi connectivity index (χ0v) is 8.35. The molecule has 0 saturated heterocycles. The zero-order valence-electron chi connectivity index (χ0n) is 8.35. The van der Waals surface area contributed by atoms with Gasteiger partial charge in [0.05, 0.1) is 7.11 Å². The van der Waals surface area contributed by atoms with E-state index in [9.17, 15) is 19.7 Å². The van der Waals surface area contributed by atoms with Crippen molar-refractivity contribution in [3.8, 4) is 0 Å². The molecule has 14 heavy (non-hydrogen) atoms. The van der Waals surface area contributed by atoms with E-state index in [2.05, 4.69) is 4.74 Å². The molecule has 0 aromatic carbocycles. The van der Waals surface area contributed by atoms with Crippen LogP contribution in [0.25, 0.3) is 0 Å². The Balaban J connectivity index is 4.80. The van der Waals surface area contributed by atoms with Crippen LogP contribution in [0.2, 0.25) is 0 Å². The van der Waals surface area contributed by atoms with Crippen LogP contribution in [0, 0.1) is 21.4 Å². The third-order valence-corrected chi connectivity index (χ3v) is 2.02. The highest BCUT2D eigenvalue weighted by Gasteiger charge is 2.39. The topological polar surface area (TPSA) is 86.5 Å². The van der Waals surface area contributed by atoms with Crippen LogP contribution in [0.4, 0.5) is 0 Å². The maximum atomic E-state index is 11.2. The van der Waals surface area contributed by atoms with Gasteiger partial charge in [-0.3, -0.25) is 14.9 Å². The highest BCUT2D eigenvalue weighted by atomic mass is 16.6. The summed E-state index contributed by atoms with van der Waals surface area (Å²) in [4.78, 5) is 31.4. The second kappa shape index (κ2) is 4.69. The summed E-state index contributed by atoms with van der Waals surface area (Å²) in [5.41, 5.74) is -1.08. The molecule has 0 aliphatic rings. The van der Waals surface area contributed by atoms with Gasteiger partial charge in [-0.05, 0) is 0 Å². The monoisotopic (exact) mass is 203 g/mol. The van der Waals surface area contributed by atoms with Crippen molar-refractivity contribution < 1.29 is 19.2 Å². The average molecular weight is 203 g/mol. The molecule has 0 heterocycles. The van der Waals surface area contributed by atoms with Crippen molar-refractivity contribution in [1.29, 1.82) is 0 Å². The van der Waals surface area contributed by atoms with Gasteiger partial charge in [0.15, 0.2) is 0 Å². The van der Waals surface area contributed by atoms with Crippen molar-refractivity contribution in [1.82, 2.24) is 0 Å². The number of nitro groups is 1. The lowest BCUT2D eigenvalue weighted by atomic mass is 9.80. The van der Waals surface area contributed by atoms with E-state index in [1.165, 1.54) is 13.8 Å². The molecule has 0 amide bonds. The summed E-state index contributed by atoms with van der Waals surface area (Å²) in [7, 11) is 1.14. The number of rotatable bonds is 5. The van der Waals surface area contributed by atoms with Gasteiger partial charge in [-0.2, -0.15) is 0 Å². The number of esters is 1. The summed E-state index contributed by atoms with van der Waals surface area (Å²) in [6.07, 6.45) is 0.526. The van der Waals surface area contributed by atoms with Crippen molar-refractivity contribution in [2.45, 2.75) is 13.8 Å². The third-order valence-electron chi connectivity index (χ3n) is 2.02. The smallest absolute Gasteiger partial charge is 0.316 e. The number of carbonyl (C=O) groups excluding carboxylic acids is 2. The van der Waals surface area contributed by atoms with E-state index >= 15 is 0 Å². The van der Waals surface area contributed by atoms with E-state index in [0.29, 0.717) is 6.29 Å². The van der Waals surface area contributed by atoms with Gasteiger partial charge >= 0.3 is 5.97 Å². The molecule has 0 bridgehead atoms. The Bertz CT molecular complexity index is 248. The van der Waals surface area contributed by atoms with Gasteiger partial charge in [0, 0.05) is 10.3 Å². The highest BCUT2D eigenvalue weighted by Crippen LogP contribution is 2.25. The summed E-state index contributed by atoms with van der Waals surface area (Å²) in [5.74, 6) is -1.78. The minimum absolute atomic E-state index is 0.526. The molecule has 0 rings (SSSR count). The van der Waals surface area contributed by atoms with Crippen LogP contribution in [0.15, 0.2) is 0 Å². The molecule has 0 saturated carbocycles. The number of ether oxygens (including phenoxy) is 1. The highest BCUT2D eigenvalue weighted by molar-refractivity contribution is 5.78. The lowest BCUT2D eigenvalue weighted by molar-refractivity contribution is -0.488. The molecule has 0 N–H and O–H groups in total. The minimum atomic E-state index is -1.08. The van der Waals surface area contributed by atoms with Crippen LogP contribution in [-0.4, -0.2) is 30.8 Å². The predicted octanol–water partition coefficient (Wildman–Crippen LogP) is 0.277. The summed E-state index contributed by atoms with van der Waals surface area (Å²) >= 11 is 0. The van der Waals surface area contributed by atoms with Gasteiger partial charge in [0.25, 0.3) is 0 Å². The maximum absolute atomic E-state index is 11.2. The molecule has 6 nitrogen and oxygen atoms in total. The Kier molecular flexibility index (Phi) is 4.20. The minimum Gasteiger partial charge on any atom is -0.469 e. The zero-order chi connectivity index (χ0) is 11.4. The van der Waals surface area contributed by atoms with Crippen molar-refractivity contribution in [3.05, 3.63) is 10.1 Å². The molecule has 0 radical (unpaired) electrons. The second-order valence-corrected chi connectivity index (χ2v) is 3.53. The first-order valence-electron chi connectivity index (χ1n) is 4.01. The Morgan fingerprint density at radius 1 is 1.64 bits per heavy atom. The first-order chi connectivity index (χ1) is 6.35. The summed E-state index contributed by atoms with van der Waals surface area (Å²) in [6, 6.07) is 0. The number of hydrogen-bond acceptors (Lipinski definition) is 5. The van der Waals surface area contributed by atoms with E-state index < -0.39 is 28.8 Å². The van der Waals surface area contributed by atoms with Gasteiger partial charge in [0.2, 0.25) is 6.54 Å². The SMILES string of the molecule is COC(=O)C(C[N+](=O)[O-])C(C)(C)C=O. The first-order valence-corrected chi connectivity index (χ1v) is 4.01. The molecule has 1 unspecified atom stereocenters. The number of nitrogens with zero attached hydrogens (tertiary/aromatic N) is 1.